The highest BCUT2D eigenvalue weighted by Crippen LogP contribution is 2.32. The van der Waals surface area contributed by atoms with Gasteiger partial charge in [0.25, 0.3) is 5.91 Å². The van der Waals surface area contributed by atoms with Crippen LogP contribution < -0.4 is 15.4 Å². The summed E-state index contributed by atoms with van der Waals surface area (Å²) in [5.74, 6) is -4.21. The van der Waals surface area contributed by atoms with Crippen LogP contribution >= 0.6 is 11.6 Å². The molecule has 2 N–H and O–H groups in total. The summed E-state index contributed by atoms with van der Waals surface area (Å²) in [5.41, 5.74) is 0.817. The lowest BCUT2D eigenvalue weighted by atomic mass is 9.85. The number of rotatable bonds is 9. The third-order valence-electron chi connectivity index (χ3n) is 4.77. The maximum absolute atomic E-state index is 13.1. The average molecular weight is 495 g/mol. The second-order valence-corrected chi connectivity index (χ2v) is 7.49. The molecule has 0 radical (unpaired) electrons. The van der Waals surface area contributed by atoms with Crippen LogP contribution in [0.15, 0.2) is 40.7 Å². The van der Waals surface area contributed by atoms with E-state index in [-0.39, 0.29) is 29.4 Å². The number of benzene rings is 1. The predicted octanol–water partition coefficient (Wildman–Crippen LogP) is 2.72. The minimum Gasteiger partial charge on any atom is -0.495 e. The zero-order valence-electron chi connectivity index (χ0n) is 19.6. The van der Waals surface area contributed by atoms with Crippen LogP contribution in [0.4, 0.5) is 5.69 Å². The molecule has 11 heteroatoms. The molecule has 2 rings (SSSR count). The molecule has 0 saturated heterocycles. The van der Waals surface area contributed by atoms with Gasteiger partial charge in [-0.3, -0.25) is 9.59 Å². The van der Waals surface area contributed by atoms with E-state index in [1.165, 1.54) is 13.2 Å². The number of dihydropyridines is 1. The van der Waals surface area contributed by atoms with Gasteiger partial charge in [-0.2, -0.15) is 0 Å². The van der Waals surface area contributed by atoms with E-state index < -0.39 is 36.3 Å². The maximum atomic E-state index is 13.1. The fraction of sp³-hybridized carbons (Fsp3) is 0.391. The Morgan fingerprint density at radius 3 is 2.00 bits per heavy atom. The van der Waals surface area contributed by atoms with Gasteiger partial charge in [0.05, 0.1) is 36.5 Å². The Hall–Kier alpha value is -3.53. The molecule has 1 aliphatic heterocycles. The van der Waals surface area contributed by atoms with Crippen LogP contribution in [-0.4, -0.2) is 50.7 Å². The van der Waals surface area contributed by atoms with Crippen molar-refractivity contribution in [3.63, 3.8) is 0 Å². The fourth-order valence-corrected chi connectivity index (χ4v) is 3.61. The van der Waals surface area contributed by atoms with E-state index in [1.807, 2.05) is 0 Å². The van der Waals surface area contributed by atoms with Crippen molar-refractivity contribution in [2.24, 2.45) is 5.92 Å². The first kappa shape index (κ1) is 26.7. The van der Waals surface area contributed by atoms with E-state index >= 15 is 0 Å². The van der Waals surface area contributed by atoms with E-state index in [9.17, 15) is 19.2 Å². The standard InChI is InChI=1S/C23H27ClN2O8/c1-6-32-21(28)18-12(3)25-13(4)19(22(29)33-7-2)20(18)23(30)34-11-17(27)26-14-8-9-16(31-5)15(24)10-14/h8-10,20,25H,6-7,11H2,1-5H3,(H,26,27). The summed E-state index contributed by atoms with van der Waals surface area (Å²) in [6.45, 7) is 5.80. The summed E-state index contributed by atoms with van der Waals surface area (Å²) >= 11 is 6.05. The largest absolute Gasteiger partial charge is 0.495 e. The first-order valence-corrected chi connectivity index (χ1v) is 10.8. The number of allylic oxidation sites excluding steroid dienone is 2. The van der Waals surface area contributed by atoms with Crippen molar-refractivity contribution in [1.82, 2.24) is 5.32 Å². The first-order chi connectivity index (χ1) is 16.1. The van der Waals surface area contributed by atoms with Crippen molar-refractivity contribution >= 4 is 41.1 Å². The molecule has 0 bridgehead atoms. The van der Waals surface area contributed by atoms with Crippen LogP contribution in [0.5, 0.6) is 5.75 Å². The van der Waals surface area contributed by atoms with Crippen molar-refractivity contribution in [3.05, 3.63) is 45.8 Å². The van der Waals surface area contributed by atoms with Crippen LogP contribution in [0.3, 0.4) is 0 Å². The van der Waals surface area contributed by atoms with Crippen LogP contribution in [0.2, 0.25) is 5.02 Å². The molecule has 184 valence electrons. The molecular weight excluding hydrogens is 468 g/mol. The van der Waals surface area contributed by atoms with Crippen LogP contribution in [0.25, 0.3) is 0 Å². The summed E-state index contributed by atoms with van der Waals surface area (Å²) in [7, 11) is 1.46. The van der Waals surface area contributed by atoms with E-state index in [2.05, 4.69) is 10.6 Å². The predicted molar refractivity (Wildman–Crippen MR) is 123 cm³/mol. The Morgan fingerprint density at radius 1 is 0.971 bits per heavy atom. The number of anilines is 1. The lowest BCUT2D eigenvalue weighted by Gasteiger charge is -2.28. The molecule has 1 aromatic rings. The smallest absolute Gasteiger partial charge is 0.337 e. The fourth-order valence-electron chi connectivity index (χ4n) is 3.35. The van der Waals surface area contributed by atoms with Crippen molar-refractivity contribution in [3.8, 4) is 5.75 Å². The highest BCUT2D eigenvalue weighted by Gasteiger charge is 2.42. The van der Waals surface area contributed by atoms with Gasteiger partial charge in [-0.1, -0.05) is 11.6 Å². The zero-order valence-corrected chi connectivity index (χ0v) is 20.3. The van der Waals surface area contributed by atoms with E-state index in [0.29, 0.717) is 22.8 Å². The minimum atomic E-state index is -1.43. The van der Waals surface area contributed by atoms with Gasteiger partial charge in [0, 0.05) is 17.1 Å². The van der Waals surface area contributed by atoms with Crippen LogP contribution in [0.1, 0.15) is 27.7 Å². The molecule has 0 atom stereocenters. The minimum absolute atomic E-state index is 0.0572. The summed E-state index contributed by atoms with van der Waals surface area (Å²) < 4.78 is 20.4. The maximum Gasteiger partial charge on any atom is 0.337 e. The monoisotopic (exact) mass is 494 g/mol. The van der Waals surface area contributed by atoms with Gasteiger partial charge >= 0.3 is 17.9 Å². The number of esters is 3. The van der Waals surface area contributed by atoms with Gasteiger partial charge < -0.3 is 29.6 Å². The normalized spacial score (nSPS) is 13.7. The number of ether oxygens (including phenoxy) is 4. The third-order valence-corrected chi connectivity index (χ3v) is 5.06. The van der Waals surface area contributed by atoms with Gasteiger partial charge in [0.15, 0.2) is 6.61 Å². The second-order valence-electron chi connectivity index (χ2n) is 7.08. The van der Waals surface area contributed by atoms with E-state index in [1.54, 1.807) is 39.8 Å². The summed E-state index contributed by atoms with van der Waals surface area (Å²) in [6, 6.07) is 4.60. The van der Waals surface area contributed by atoms with Crippen molar-refractivity contribution in [1.29, 1.82) is 0 Å². The molecule has 1 aromatic carbocycles. The highest BCUT2D eigenvalue weighted by molar-refractivity contribution is 6.32. The number of carbonyl (C=O) groups is 4. The summed E-state index contributed by atoms with van der Waals surface area (Å²) in [4.78, 5) is 50.6. The number of carbonyl (C=O) groups excluding carboxylic acids is 4. The highest BCUT2D eigenvalue weighted by atomic mass is 35.5. The molecule has 1 amide bonds. The molecule has 0 unspecified atom stereocenters. The molecule has 0 aromatic heterocycles. The quantitative estimate of drug-likeness (QED) is 0.393. The molecule has 0 spiro atoms. The van der Waals surface area contributed by atoms with Crippen LogP contribution in [0, 0.1) is 5.92 Å². The molecule has 10 nitrogen and oxygen atoms in total. The van der Waals surface area contributed by atoms with Gasteiger partial charge in [-0.25, -0.2) is 9.59 Å². The van der Waals surface area contributed by atoms with Gasteiger partial charge in [0.2, 0.25) is 0 Å². The number of hydrogen-bond acceptors (Lipinski definition) is 9. The third kappa shape index (κ3) is 6.28. The Morgan fingerprint density at radius 2 is 1.53 bits per heavy atom. The van der Waals surface area contributed by atoms with E-state index in [4.69, 9.17) is 30.5 Å². The van der Waals surface area contributed by atoms with Crippen molar-refractivity contribution < 1.29 is 38.1 Å². The lowest BCUT2D eigenvalue weighted by Crippen LogP contribution is -2.39. The number of halogens is 1. The summed E-state index contributed by atoms with van der Waals surface area (Å²) in [6.07, 6.45) is 0. The van der Waals surface area contributed by atoms with Gasteiger partial charge in [-0.05, 0) is 45.9 Å². The van der Waals surface area contributed by atoms with Crippen molar-refractivity contribution in [2.45, 2.75) is 27.7 Å². The number of amides is 1. The SMILES string of the molecule is CCOC(=O)C1=C(C)NC(C)=C(C(=O)OCC)C1C(=O)OCC(=O)Nc1ccc(OC)c(Cl)c1. The average Bonchev–Trinajstić information content (AvgIpc) is 2.77. The van der Waals surface area contributed by atoms with Gasteiger partial charge in [0.1, 0.15) is 11.7 Å². The number of hydrogen-bond donors (Lipinski definition) is 2. The van der Waals surface area contributed by atoms with E-state index in [0.717, 1.165) is 0 Å². The Bertz CT molecular complexity index is 1010. The molecular formula is C23H27ClN2O8. The lowest BCUT2D eigenvalue weighted by molar-refractivity contribution is -0.153. The van der Waals surface area contributed by atoms with Crippen LogP contribution in [-0.2, 0) is 33.4 Å². The molecule has 0 saturated carbocycles. The Labute approximate surface area is 202 Å². The Balaban J connectivity index is 2.24. The summed E-state index contributed by atoms with van der Waals surface area (Å²) in [5, 5.41) is 5.73. The molecule has 0 fully saturated rings. The molecule has 1 heterocycles. The molecule has 1 aliphatic rings. The number of methoxy groups -OCH3 is 1. The van der Waals surface area contributed by atoms with Crippen molar-refractivity contribution in [2.75, 3.05) is 32.2 Å². The Kier molecular flexibility index (Phi) is 9.49. The first-order valence-electron chi connectivity index (χ1n) is 10.5. The second kappa shape index (κ2) is 12.1. The molecule has 0 aliphatic carbocycles. The van der Waals surface area contributed by atoms with Gasteiger partial charge in [-0.15, -0.1) is 0 Å². The topological polar surface area (TPSA) is 129 Å². The number of nitrogens with one attached hydrogen (secondary N) is 2. The zero-order chi connectivity index (χ0) is 25.4. The molecule has 34 heavy (non-hydrogen) atoms.